The Morgan fingerprint density at radius 1 is 1.28 bits per heavy atom. The molecule has 1 aromatic carbocycles. The van der Waals surface area contributed by atoms with E-state index in [0.717, 1.165) is 11.1 Å². The van der Waals surface area contributed by atoms with Gasteiger partial charge in [-0.3, -0.25) is 9.59 Å². The van der Waals surface area contributed by atoms with Gasteiger partial charge in [0.05, 0.1) is 19.3 Å². The van der Waals surface area contributed by atoms with Gasteiger partial charge in [0, 0.05) is 25.0 Å². The molecule has 39 heavy (non-hydrogen) atoms. The SMILES string of the molecule is C#CC(COC(=O)CC(C)(C)c1c(C)cc(C)cc1OC(C)=O)(OC)[C@@H](O)Cn1cnc2c(N)nc(F)nc21. The van der Waals surface area contributed by atoms with Gasteiger partial charge in [0.2, 0.25) is 0 Å². The lowest BCUT2D eigenvalue weighted by Gasteiger charge is -2.32. The van der Waals surface area contributed by atoms with Crippen LogP contribution in [0.4, 0.5) is 10.2 Å². The summed E-state index contributed by atoms with van der Waals surface area (Å²) in [6.45, 7) is 8.02. The highest BCUT2D eigenvalue weighted by Gasteiger charge is 2.40. The molecule has 1 unspecified atom stereocenters. The smallest absolute Gasteiger partial charge is 0.312 e. The maximum absolute atomic E-state index is 13.7. The molecule has 3 rings (SSSR count). The molecular formula is C27H32FN5O6. The number of aromatic nitrogens is 4. The van der Waals surface area contributed by atoms with Crippen LogP contribution >= 0.6 is 0 Å². The number of hydrogen-bond donors (Lipinski definition) is 2. The molecule has 12 heteroatoms. The summed E-state index contributed by atoms with van der Waals surface area (Å²) in [5, 5.41) is 11.0. The molecule has 0 saturated heterocycles. The minimum absolute atomic E-state index is 0.0527. The first-order valence-corrected chi connectivity index (χ1v) is 12.0. The molecule has 0 saturated carbocycles. The molecule has 3 N–H and O–H groups in total. The van der Waals surface area contributed by atoms with Crippen molar-refractivity contribution < 1.29 is 33.3 Å². The number of nitrogens with zero attached hydrogens (tertiary/aromatic N) is 4. The minimum atomic E-state index is -1.74. The molecule has 0 bridgehead atoms. The number of carbonyl (C=O) groups is 2. The first-order chi connectivity index (χ1) is 18.2. The Balaban J connectivity index is 1.78. The van der Waals surface area contributed by atoms with Crippen molar-refractivity contribution in [2.75, 3.05) is 19.5 Å². The summed E-state index contributed by atoms with van der Waals surface area (Å²) in [4.78, 5) is 35.8. The van der Waals surface area contributed by atoms with E-state index in [-0.39, 0.29) is 29.9 Å². The summed E-state index contributed by atoms with van der Waals surface area (Å²) in [5.41, 5.74) is 5.82. The molecular weight excluding hydrogens is 509 g/mol. The maximum atomic E-state index is 13.7. The van der Waals surface area contributed by atoms with Crippen molar-refractivity contribution in [1.82, 2.24) is 19.5 Å². The van der Waals surface area contributed by atoms with E-state index in [0.29, 0.717) is 11.3 Å². The Labute approximate surface area is 225 Å². The van der Waals surface area contributed by atoms with E-state index in [2.05, 4.69) is 20.9 Å². The number of benzene rings is 1. The Morgan fingerprint density at radius 2 is 1.97 bits per heavy atom. The third kappa shape index (κ3) is 6.32. The monoisotopic (exact) mass is 541 g/mol. The summed E-state index contributed by atoms with van der Waals surface area (Å²) >= 11 is 0. The summed E-state index contributed by atoms with van der Waals surface area (Å²) in [6, 6.07) is 3.68. The molecule has 0 aliphatic rings. The van der Waals surface area contributed by atoms with E-state index < -0.39 is 41.7 Å². The molecule has 3 aromatic rings. The van der Waals surface area contributed by atoms with E-state index in [9.17, 15) is 19.1 Å². The number of nitrogen functional groups attached to an aromatic ring is 1. The lowest BCUT2D eigenvalue weighted by molar-refractivity contribution is -0.158. The third-order valence-corrected chi connectivity index (χ3v) is 6.39. The fourth-order valence-corrected chi connectivity index (χ4v) is 4.61. The van der Waals surface area contributed by atoms with Gasteiger partial charge in [-0.05, 0) is 31.0 Å². The molecule has 208 valence electrons. The molecule has 0 aliphatic heterocycles. The highest BCUT2D eigenvalue weighted by atomic mass is 19.1. The highest BCUT2D eigenvalue weighted by molar-refractivity contribution is 5.81. The van der Waals surface area contributed by atoms with Gasteiger partial charge in [-0.15, -0.1) is 6.42 Å². The maximum Gasteiger partial charge on any atom is 0.312 e. The average molecular weight is 542 g/mol. The van der Waals surface area contributed by atoms with Gasteiger partial charge in [0.1, 0.15) is 24.0 Å². The Morgan fingerprint density at radius 3 is 2.59 bits per heavy atom. The Bertz CT molecular complexity index is 1450. The van der Waals surface area contributed by atoms with Crippen molar-refractivity contribution in [3.63, 3.8) is 0 Å². The van der Waals surface area contributed by atoms with Crippen LogP contribution in [0.1, 0.15) is 43.9 Å². The summed E-state index contributed by atoms with van der Waals surface area (Å²) in [7, 11) is 1.27. The van der Waals surface area contributed by atoms with Crippen LogP contribution in [-0.2, 0) is 31.0 Å². The molecule has 0 aliphatic carbocycles. The van der Waals surface area contributed by atoms with Crippen molar-refractivity contribution in [2.24, 2.45) is 0 Å². The standard InChI is InChI=1S/C27H32FN5O6/c1-8-27(37-7,19(35)12-33-14-30-22-23(29)31-25(28)32-24(22)33)13-38-20(36)11-26(5,6)21-16(3)9-15(2)10-18(21)39-17(4)34/h1,9-10,14,19,35H,11-13H2,2-7H3,(H2,29,31,32)/t19-,27?/m0/s1. The first kappa shape index (κ1) is 29.5. The quantitative estimate of drug-likeness (QED) is 0.169. The molecule has 0 fully saturated rings. The van der Waals surface area contributed by atoms with Crippen LogP contribution in [0.3, 0.4) is 0 Å². The number of terminal acetylenes is 1. The second-order valence-corrected chi connectivity index (χ2v) is 9.97. The number of halogens is 1. The van der Waals surface area contributed by atoms with E-state index in [1.165, 1.54) is 24.9 Å². The fraction of sp³-hybridized carbons (Fsp3) is 0.444. The average Bonchev–Trinajstić information content (AvgIpc) is 3.21. The largest absolute Gasteiger partial charge is 0.461 e. The molecule has 0 spiro atoms. The number of nitrogens with two attached hydrogens (primary N) is 1. The normalized spacial score (nSPS) is 13.9. The van der Waals surface area contributed by atoms with E-state index in [1.54, 1.807) is 6.07 Å². The van der Waals surface area contributed by atoms with Gasteiger partial charge < -0.3 is 29.6 Å². The second kappa shape index (κ2) is 11.3. The minimum Gasteiger partial charge on any atom is -0.461 e. The Kier molecular flexibility index (Phi) is 8.58. The predicted molar refractivity (Wildman–Crippen MR) is 140 cm³/mol. The number of fused-ring (bicyclic) bond motifs is 1. The van der Waals surface area contributed by atoms with Crippen LogP contribution in [0.25, 0.3) is 11.2 Å². The Hall–Kier alpha value is -4.08. The van der Waals surface area contributed by atoms with Crippen molar-refractivity contribution in [1.29, 1.82) is 0 Å². The molecule has 2 atom stereocenters. The van der Waals surface area contributed by atoms with Crippen LogP contribution in [0, 0.1) is 32.3 Å². The number of carbonyl (C=O) groups excluding carboxylic acids is 2. The fourth-order valence-electron chi connectivity index (χ4n) is 4.61. The molecule has 0 radical (unpaired) electrons. The van der Waals surface area contributed by atoms with Gasteiger partial charge in [-0.1, -0.05) is 25.8 Å². The highest BCUT2D eigenvalue weighted by Crippen LogP contribution is 2.38. The van der Waals surface area contributed by atoms with E-state index >= 15 is 0 Å². The number of methoxy groups -OCH3 is 1. The number of anilines is 1. The molecule has 11 nitrogen and oxygen atoms in total. The molecule has 2 aromatic heterocycles. The van der Waals surface area contributed by atoms with Crippen molar-refractivity contribution in [3.05, 3.63) is 41.2 Å². The van der Waals surface area contributed by atoms with Gasteiger partial charge in [-0.2, -0.15) is 14.4 Å². The third-order valence-electron chi connectivity index (χ3n) is 6.39. The molecule has 2 heterocycles. The number of aliphatic hydroxyl groups excluding tert-OH is 1. The van der Waals surface area contributed by atoms with Gasteiger partial charge in [-0.25, -0.2) is 4.98 Å². The van der Waals surface area contributed by atoms with Crippen LogP contribution in [0.15, 0.2) is 18.5 Å². The van der Waals surface area contributed by atoms with Gasteiger partial charge >= 0.3 is 18.0 Å². The number of rotatable bonds is 10. The molecule has 0 amide bonds. The van der Waals surface area contributed by atoms with Gasteiger partial charge in [0.15, 0.2) is 17.1 Å². The summed E-state index contributed by atoms with van der Waals surface area (Å²) in [5.74, 6) is 1.49. The zero-order valence-electron chi connectivity index (χ0n) is 22.7. The van der Waals surface area contributed by atoms with E-state index in [1.807, 2.05) is 33.8 Å². The number of aryl methyl sites for hydroxylation is 2. The van der Waals surface area contributed by atoms with Gasteiger partial charge in [0.25, 0.3) is 0 Å². The topological polar surface area (TPSA) is 152 Å². The van der Waals surface area contributed by atoms with Crippen LogP contribution in [-0.4, -0.2) is 62.0 Å². The predicted octanol–water partition coefficient (Wildman–Crippen LogP) is 2.38. The number of ether oxygens (including phenoxy) is 3. The van der Waals surface area contributed by atoms with Crippen molar-refractivity contribution >= 4 is 28.9 Å². The summed E-state index contributed by atoms with van der Waals surface area (Å²) < 4.78 is 31.4. The second-order valence-electron chi connectivity index (χ2n) is 9.97. The van der Waals surface area contributed by atoms with Crippen LogP contribution in [0.5, 0.6) is 5.75 Å². The number of aliphatic hydroxyl groups is 1. The first-order valence-electron chi connectivity index (χ1n) is 12.0. The van der Waals surface area contributed by atoms with Crippen LogP contribution < -0.4 is 10.5 Å². The number of hydrogen-bond acceptors (Lipinski definition) is 10. The lowest BCUT2D eigenvalue weighted by atomic mass is 9.78. The summed E-state index contributed by atoms with van der Waals surface area (Å²) in [6.07, 6.45) is 4.45. The number of imidazole rings is 1. The lowest BCUT2D eigenvalue weighted by Crippen LogP contribution is -2.49. The van der Waals surface area contributed by atoms with E-state index in [4.69, 9.17) is 26.4 Å². The van der Waals surface area contributed by atoms with Crippen molar-refractivity contribution in [2.45, 2.75) is 64.7 Å². The number of esters is 2. The zero-order chi connectivity index (χ0) is 29.1. The van der Waals surface area contributed by atoms with Crippen LogP contribution in [0.2, 0.25) is 0 Å². The van der Waals surface area contributed by atoms with Crippen molar-refractivity contribution in [3.8, 4) is 18.1 Å². The zero-order valence-corrected chi connectivity index (χ0v) is 22.7.